The van der Waals surface area contributed by atoms with E-state index in [4.69, 9.17) is 5.73 Å². The van der Waals surface area contributed by atoms with Crippen molar-refractivity contribution in [2.24, 2.45) is 4.40 Å². The summed E-state index contributed by atoms with van der Waals surface area (Å²) in [7, 11) is -3.51. The highest BCUT2D eigenvalue weighted by Crippen LogP contribution is 2.13. The molecule has 0 aliphatic rings. The number of anilines is 1. The van der Waals surface area contributed by atoms with Crippen LogP contribution in [0.1, 0.15) is 6.92 Å². The lowest BCUT2D eigenvalue weighted by Crippen LogP contribution is -1.96. The van der Waals surface area contributed by atoms with Gasteiger partial charge in [0.1, 0.15) is 0 Å². The Morgan fingerprint density at radius 2 is 1.79 bits per heavy atom. The zero-order valence-electron chi connectivity index (χ0n) is 7.54. The zero-order valence-corrected chi connectivity index (χ0v) is 9.18. The molecule has 78 valence electrons. The number of benzene rings is 1. The first-order chi connectivity index (χ1) is 6.06. The molecule has 0 saturated heterocycles. The third-order valence-corrected chi connectivity index (χ3v) is 2.78. The minimum absolute atomic E-state index is 0. The van der Waals surface area contributed by atoms with Crippen LogP contribution in [-0.4, -0.2) is 14.6 Å². The van der Waals surface area contributed by atoms with Crippen molar-refractivity contribution in [1.29, 1.82) is 0 Å². The number of nitrogens with two attached hydrogens (primary N) is 1. The lowest BCUT2D eigenvalue weighted by Gasteiger charge is -1.97. The number of nitrogen functional groups attached to an aromatic ring is 1. The van der Waals surface area contributed by atoms with Gasteiger partial charge in [-0.2, -0.15) is 12.8 Å². The second-order valence-electron chi connectivity index (χ2n) is 2.41. The highest BCUT2D eigenvalue weighted by molar-refractivity contribution is 7.90. The largest absolute Gasteiger partial charge is 0.399 e. The standard InChI is InChI=1S/C8H10N2O2S.ClH/c1-2-10-13(11,12)8-5-3-7(9)4-6-8;/h2-6H,9H2,1H3;1H. The fourth-order valence-electron chi connectivity index (χ4n) is 0.839. The molecule has 1 rings (SSSR count). The van der Waals surface area contributed by atoms with E-state index in [0.717, 1.165) is 0 Å². The van der Waals surface area contributed by atoms with Crippen LogP contribution in [0, 0.1) is 0 Å². The molecule has 0 fully saturated rings. The van der Waals surface area contributed by atoms with Crippen LogP contribution in [-0.2, 0) is 10.0 Å². The summed E-state index contributed by atoms with van der Waals surface area (Å²) >= 11 is 0. The fraction of sp³-hybridized carbons (Fsp3) is 0.125. The average Bonchev–Trinajstić information content (AvgIpc) is 2.05. The number of nitrogens with zero attached hydrogens (tertiary/aromatic N) is 1. The second kappa shape index (κ2) is 4.97. The van der Waals surface area contributed by atoms with Gasteiger partial charge in [-0.15, -0.1) is 12.4 Å². The summed E-state index contributed by atoms with van der Waals surface area (Å²) in [4.78, 5) is 0.153. The molecule has 0 unspecified atom stereocenters. The monoisotopic (exact) mass is 234 g/mol. The van der Waals surface area contributed by atoms with Crippen LogP contribution in [0.15, 0.2) is 33.6 Å². The van der Waals surface area contributed by atoms with Crippen LogP contribution < -0.4 is 5.73 Å². The van der Waals surface area contributed by atoms with E-state index in [-0.39, 0.29) is 17.3 Å². The Hall–Kier alpha value is -1.07. The third kappa shape index (κ3) is 3.01. The van der Waals surface area contributed by atoms with Gasteiger partial charge in [-0.3, -0.25) is 0 Å². The van der Waals surface area contributed by atoms with Crippen molar-refractivity contribution in [3.05, 3.63) is 24.3 Å². The lowest BCUT2D eigenvalue weighted by molar-refractivity contribution is 0.598. The van der Waals surface area contributed by atoms with Crippen LogP contribution in [0.5, 0.6) is 0 Å². The molecule has 0 heterocycles. The average molecular weight is 235 g/mol. The van der Waals surface area contributed by atoms with E-state index in [1.807, 2.05) is 0 Å². The summed E-state index contributed by atoms with van der Waals surface area (Å²) in [6.45, 7) is 1.55. The van der Waals surface area contributed by atoms with Gasteiger partial charge in [0.2, 0.25) is 0 Å². The molecule has 0 bridgehead atoms. The van der Waals surface area contributed by atoms with Crippen molar-refractivity contribution in [2.75, 3.05) is 5.73 Å². The number of sulfonamides is 1. The van der Waals surface area contributed by atoms with E-state index in [2.05, 4.69) is 4.40 Å². The lowest BCUT2D eigenvalue weighted by atomic mass is 10.3. The van der Waals surface area contributed by atoms with Crippen LogP contribution in [0.3, 0.4) is 0 Å². The molecule has 0 aliphatic carbocycles. The van der Waals surface area contributed by atoms with Gasteiger partial charge in [0.15, 0.2) is 0 Å². The summed E-state index contributed by atoms with van der Waals surface area (Å²) in [6, 6.07) is 5.91. The van der Waals surface area contributed by atoms with Crippen LogP contribution in [0.25, 0.3) is 0 Å². The second-order valence-corrected chi connectivity index (χ2v) is 4.04. The summed E-state index contributed by atoms with van der Waals surface area (Å²) < 4.78 is 26.0. The van der Waals surface area contributed by atoms with E-state index in [0.29, 0.717) is 5.69 Å². The third-order valence-electron chi connectivity index (χ3n) is 1.42. The zero-order chi connectivity index (χ0) is 9.90. The van der Waals surface area contributed by atoms with Gasteiger partial charge in [0, 0.05) is 11.9 Å². The predicted molar refractivity (Wildman–Crippen MR) is 59.5 cm³/mol. The molecule has 2 N–H and O–H groups in total. The van der Waals surface area contributed by atoms with Gasteiger partial charge in [-0.05, 0) is 31.2 Å². The van der Waals surface area contributed by atoms with E-state index in [9.17, 15) is 8.42 Å². The van der Waals surface area contributed by atoms with Crippen LogP contribution in [0.4, 0.5) is 5.69 Å². The van der Waals surface area contributed by atoms with E-state index >= 15 is 0 Å². The fourth-order valence-corrected chi connectivity index (χ4v) is 1.72. The van der Waals surface area contributed by atoms with Crippen molar-refractivity contribution >= 4 is 34.3 Å². The molecule has 0 amide bonds. The normalized spacial score (nSPS) is 11.2. The molecular weight excluding hydrogens is 224 g/mol. The first kappa shape index (κ1) is 12.9. The molecule has 6 heteroatoms. The summed E-state index contributed by atoms with van der Waals surface area (Å²) in [5.41, 5.74) is 5.94. The van der Waals surface area contributed by atoms with Gasteiger partial charge in [-0.1, -0.05) is 0 Å². The van der Waals surface area contributed by atoms with Crippen LogP contribution >= 0.6 is 12.4 Å². The van der Waals surface area contributed by atoms with Crippen molar-refractivity contribution < 1.29 is 8.42 Å². The Balaban J connectivity index is 0.00000169. The topological polar surface area (TPSA) is 72.5 Å². The number of hydrogen-bond acceptors (Lipinski definition) is 3. The highest BCUT2D eigenvalue weighted by Gasteiger charge is 2.09. The highest BCUT2D eigenvalue weighted by atomic mass is 35.5. The molecule has 0 aliphatic heterocycles. The quantitative estimate of drug-likeness (QED) is 0.622. The Morgan fingerprint density at radius 3 is 2.21 bits per heavy atom. The first-order valence-electron chi connectivity index (χ1n) is 3.67. The van der Waals surface area contributed by atoms with Crippen molar-refractivity contribution in [3.63, 3.8) is 0 Å². The molecule has 0 atom stereocenters. The van der Waals surface area contributed by atoms with E-state index in [1.165, 1.54) is 30.5 Å². The van der Waals surface area contributed by atoms with E-state index in [1.54, 1.807) is 6.92 Å². The minimum atomic E-state index is -3.51. The van der Waals surface area contributed by atoms with Gasteiger partial charge in [0.05, 0.1) is 4.90 Å². The summed E-state index contributed by atoms with van der Waals surface area (Å²) in [6.07, 6.45) is 1.24. The number of halogens is 1. The Labute approximate surface area is 89.3 Å². The van der Waals surface area contributed by atoms with Gasteiger partial charge >= 0.3 is 0 Å². The number of hydrogen-bond donors (Lipinski definition) is 1. The molecule has 1 aromatic rings. The minimum Gasteiger partial charge on any atom is -0.399 e. The summed E-state index contributed by atoms with van der Waals surface area (Å²) in [5.74, 6) is 0. The van der Waals surface area contributed by atoms with Gasteiger partial charge in [0.25, 0.3) is 10.0 Å². The smallest absolute Gasteiger partial charge is 0.281 e. The van der Waals surface area contributed by atoms with E-state index < -0.39 is 10.0 Å². The van der Waals surface area contributed by atoms with Crippen molar-refractivity contribution in [2.45, 2.75) is 11.8 Å². The van der Waals surface area contributed by atoms with Crippen molar-refractivity contribution in [3.8, 4) is 0 Å². The maximum Gasteiger partial charge on any atom is 0.281 e. The Bertz CT molecular complexity index is 411. The number of rotatable bonds is 2. The maximum atomic E-state index is 11.3. The van der Waals surface area contributed by atoms with Crippen molar-refractivity contribution in [1.82, 2.24) is 0 Å². The SMILES string of the molecule is CC=NS(=O)(=O)c1ccc(N)cc1.Cl. The molecule has 0 radical (unpaired) electrons. The summed E-state index contributed by atoms with van der Waals surface area (Å²) in [5, 5.41) is 0. The molecule has 14 heavy (non-hydrogen) atoms. The molecular formula is C8H11ClN2O2S. The van der Waals surface area contributed by atoms with Gasteiger partial charge in [-0.25, -0.2) is 0 Å². The molecule has 0 spiro atoms. The first-order valence-corrected chi connectivity index (χ1v) is 5.11. The molecule has 4 nitrogen and oxygen atoms in total. The van der Waals surface area contributed by atoms with Gasteiger partial charge < -0.3 is 5.73 Å². The molecule has 0 aromatic heterocycles. The Morgan fingerprint density at radius 1 is 1.29 bits per heavy atom. The maximum absolute atomic E-state index is 11.3. The molecule has 1 aromatic carbocycles. The Kier molecular flexibility index (Phi) is 4.59. The molecule has 0 saturated carbocycles. The predicted octanol–water partition coefficient (Wildman–Crippen LogP) is 1.47. The van der Waals surface area contributed by atoms with Crippen LogP contribution in [0.2, 0.25) is 0 Å².